The molecular formula is C17H27NO2. The monoisotopic (exact) mass is 277 g/mol. The van der Waals surface area contributed by atoms with E-state index in [0.29, 0.717) is 12.1 Å². The summed E-state index contributed by atoms with van der Waals surface area (Å²) in [7, 11) is 0. The topological polar surface area (TPSA) is 34.4 Å². The number of furan rings is 1. The van der Waals surface area contributed by atoms with E-state index < -0.39 is 0 Å². The molecule has 3 rings (SSSR count). The van der Waals surface area contributed by atoms with Crippen LogP contribution < -0.4 is 5.32 Å². The molecule has 2 unspecified atom stereocenters. The summed E-state index contributed by atoms with van der Waals surface area (Å²) in [6, 6.07) is 5.21. The highest BCUT2D eigenvalue weighted by atomic mass is 16.5. The van der Waals surface area contributed by atoms with Gasteiger partial charge < -0.3 is 14.5 Å². The molecule has 0 bridgehead atoms. The summed E-state index contributed by atoms with van der Waals surface area (Å²) in [5.74, 6) is 1.10. The van der Waals surface area contributed by atoms with Crippen LogP contribution in [-0.4, -0.2) is 24.3 Å². The molecule has 1 aliphatic carbocycles. The Morgan fingerprint density at radius 2 is 2.25 bits per heavy atom. The lowest BCUT2D eigenvalue weighted by molar-refractivity contribution is -0.0846. The van der Waals surface area contributed by atoms with E-state index in [9.17, 15) is 0 Å². The second-order valence-electron chi connectivity index (χ2n) is 6.61. The lowest BCUT2D eigenvalue weighted by Crippen LogP contribution is -2.48. The van der Waals surface area contributed by atoms with Crippen LogP contribution in [0.25, 0.3) is 0 Å². The zero-order chi connectivity index (χ0) is 13.8. The Hall–Kier alpha value is -0.800. The van der Waals surface area contributed by atoms with Crippen molar-refractivity contribution in [3.05, 3.63) is 24.2 Å². The Morgan fingerprint density at radius 3 is 3.00 bits per heavy atom. The molecule has 112 valence electrons. The fourth-order valence-electron chi connectivity index (χ4n) is 3.84. The molecule has 2 heterocycles. The first-order valence-corrected chi connectivity index (χ1v) is 8.18. The van der Waals surface area contributed by atoms with Crippen LogP contribution in [0.4, 0.5) is 0 Å². The maximum absolute atomic E-state index is 6.10. The third kappa shape index (κ3) is 3.44. The quantitative estimate of drug-likeness (QED) is 0.891. The molecule has 1 saturated heterocycles. The molecule has 0 radical (unpaired) electrons. The van der Waals surface area contributed by atoms with E-state index in [1.807, 2.05) is 6.07 Å². The van der Waals surface area contributed by atoms with E-state index in [0.717, 1.165) is 31.6 Å². The molecule has 20 heavy (non-hydrogen) atoms. The van der Waals surface area contributed by atoms with Crippen LogP contribution in [0.3, 0.4) is 0 Å². The van der Waals surface area contributed by atoms with Gasteiger partial charge in [-0.05, 0) is 51.2 Å². The molecular weight excluding hydrogens is 250 g/mol. The summed E-state index contributed by atoms with van der Waals surface area (Å²) in [5.41, 5.74) is 0.219. The average Bonchev–Trinajstić information content (AvgIpc) is 3.09. The zero-order valence-electron chi connectivity index (χ0n) is 12.6. The van der Waals surface area contributed by atoms with Crippen molar-refractivity contribution in [1.29, 1.82) is 0 Å². The molecule has 0 aromatic carbocycles. The number of hydrogen-bond acceptors (Lipinski definition) is 3. The minimum Gasteiger partial charge on any atom is -0.469 e. The van der Waals surface area contributed by atoms with E-state index in [-0.39, 0.29) is 5.60 Å². The van der Waals surface area contributed by atoms with Gasteiger partial charge in [-0.3, -0.25) is 0 Å². The third-order valence-electron chi connectivity index (χ3n) is 4.93. The second-order valence-corrected chi connectivity index (χ2v) is 6.61. The first kappa shape index (κ1) is 14.2. The Bertz CT molecular complexity index is 395. The van der Waals surface area contributed by atoms with Gasteiger partial charge in [-0.25, -0.2) is 0 Å². The van der Waals surface area contributed by atoms with Gasteiger partial charge >= 0.3 is 0 Å². The van der Waals surface area contributed by atoms with Crippen molar-refractivity contribution in [2.75, 3.05) is 6.61 Å². The Kier molecular flexibility index (Phi) is 4.47. The largest absolute Gasteiger partial charge is 0.469 e. The van der Waals surface area contributed by atoms with E-state index in [1.54, 1.807) is 6.26 Å². The SMILES string of the molecule is CC(CCc1ccco1)NC1CCOC2(CCCC2)C1. The lowest BCUT2D eigenvalue weighted by atomic mass is 9.88. The maximum atomic E-state index is 6.10. The van der Waals surface area contributed by atoms with Crippen LogP contribution in [0.1, 0.15) is 57.6 Å². The molecule has 2 fully saturated rings. The number of hydrogen-bond donors (Lipinski definition) is 1. The number of nitrogens with one attached hydrogen (secondary N) is 1. The summed E-state index contributed by atoms with van der Waals surface area (Å²) >= 11 is 0. The van der Waals surface area contributed by atoms with Crippen LogP contribution in [0.2, 0.25) is 0 Å². The molecule has 0 amide bonds. The molecule has 1 N–H and O–H groups in total. The van der Waals surface area contributed by atoms with Gasteiger partial charge in [-0.15, -0.1) is 0 Å². The first-order chi connectivity index (χ1) is 9.76. The van der Waals surface area contributed by atoms with Crippen LogP contribution in [0, 0.1) is 0 Å². The Labute approximate surface area is 122 Å². The van der Waals surface area contributed by atoms with Gasteiger partial charge in [0, 0.05) is 25.1 Å². The maximum Gasteiger partial charge on any atom is 0.103 e. The molecule has 2 atom stereocenters. The smallest absolute Gasteiger partial charge is 0.103 e. The summed E-state index contributed by atoms with van der Waals surface area (Å²) in [5, 5.41) is 3.81. The number of aryl methyl sites for hydroxylation is 1. The summed E-state index contributed by atoms with van der Waals surface area (Å²) in [6.45, 7) is 3.22. The molecule has 1 aromatic rings. The van der Waals surface area contributed by atoms with E-state index in [1.165, 1.54) is 32.1 Å². The van der Waals surface area contributed by atoms with Crippen molar-refractivity contribution in [2.24, 2.45) is 0 Å². The van der Waals surface area contributed by atoms with Crippen molar-refractivity contribution in [1.82, 2.24) is 5.32 Å². The second kappa shape index (κ2) is 6.31. The fourth-order valence-corrected chi connectivity index (χ4v) is 3.84. The van der Waals surface area contributed by atoms with Gasteiger partial charge in [-0.2, -0.15) is 0 Å². The van der Waals surface area contributed by atoms with Gasteiger partial charge in [0.05, 0.1) is 11.9 Å². The van der Waals surface area contributed by atoms with E-state index >= 15 is 0 Å². The van der Waals surface area contributed by atoms with Crippen LogP contribution in [-0.2, 0) is 11.2 Å². The average molecular weight is 277 g/mol. The van der Waals surface area contributed by atoms with Crippen molar-refractivity contribution in [3.63, 3.8) is 0 Å². The summed E-state index contributed by atoms with van der Waals surface area (Å²) < 4.78 is 11.5. The van der Waals surface area contributed by atoms with Crippen LogP contribution in [0.15, 0.2) is 22.8 Å². The molecule has 1 aromatic heterocycles. The molecule has 3 heteroatoms. The molecule has 1 saturated carbocycles. The predicted octanol–water partition coefficient (Wildman–Crippen LogP) is 3.68. The molecule has 1 spiro atoms. The highest BCUT2D eigenvalue weighted by molar-refractivity contribution is 4.99. The lowest BCUT2D eigenvalue weighted by Gasteiger charge is -2.39. The molecule has 2 aliphatic rings. The van der Waals surface area contributed by atoms with Crippen molar-refractivity contribution in [2.45, 2.75) is 76.0 Å². The van der Waals surface area contributed by atoms with Crippen molar-refractivity contribution < 1.29 is 9.15 Å². The molecule has 1 aliphatic heterocycles. The van der Waals surface area contributed by atoms with Gasteiger partial charge in [-0.1, -0.05) is 12.8 Å². The summed E-state index contributed by atoms with van der Waals surface area (Å²) in [4.78, 5) is 0. The minimum absolute atomic E-state index is 0.219. The van der Waals surface area contributed by atoms with Crippen LogP contribution in [0.5, 0.6) is 0 Å². The standard InChI is InChI=1S/C17H27NO2/c1-14(6-7-16-5-4-11-19-16)18-15-8-12-20-17(13-15)9-2-3-10-17/h4-5,11,14-15,18H,2-3,6-10,12-13H2,1H3. The summed E-state index contributed by atoms with van der Waals surface area (Å²) in [6.07, 6.45) is 11.5. The Balaban J connectivity index is 1.44. The highest BCUT2D eigenvalue weighted by Gasteiger charge is 2.39. The number of ether oxygens (including phenoxy) is 1. The molecule has 3 nitrogen and oxygen atoms in total. The predicted molar refractivity (Wildman–Crippen MR) is 79.8 cm³/mol. The van der Waals surface area contributed by atoms with Crippen LogP contribution >= 0.6 is 0 Å². The zero-order valence-corrected chi connectivity index (χ0v) is 12.6. The first-order valence-electron chi connectivity index (χ1n) is 8.18. The number of rotatable bonds is 5. The van der Waals surface area contributed by atoms with Gasteiger partial charge in [0.15, 0.2) is 0 Å². The fraction of sp³-hybridized carbons (Fsp3) is 0.765. The van der Waals surface area contributed by atoms with Gasteiger partial charge in [0.2, 0.25) is 0 Å². The van der Waals surface area contributed by atoms with Gasteiger partial charge in [0.1, 0.15) is 5.76 Å². The van der Waals surface area contributed by atoms with Crippen molar-refractivity contribution >= 4 is 0 Å². The van der Waals surface area contributed by atoms with E-state index in [2.05, 4.69) is 18.3 Å². The third-order valence-corrected chi connectivity index (χ3v) is 4.93. The van der Waals surface area contributed by atoms with E-state index in [4.69, 9.17) is 9.15 Å². The Morgan fingerprint density at radius 1 is 1.40 bits per heavy atom. The highest BCUT2D eigenvalue weighted by Crippen LogP contribution is 2.40. The minimum atomic E-state index is 0.219. The van der Waals surface area contributed by atoms with Crippen molar-refractivity contribution in [3.8, 4) is 0 Å². The normalized spacial score (nSPS) is 26.9. The van der Waals surface area contributed by atoms with Gasteiger partial charge in [0.25, 0.3) is 0 Å².